The molecular weight excluding hydrogens is 1090 g/mol. The van der Waals surface area contributed by atoms with Gasteiger partial charge in [0.1, 0.15) is 34.5 Å². The molecule has 2 aromatic rings. The van der Waals surface area contributed by atoms with E-state index in [4.69, 9.17) is 25.1 Å². The molecule has 0 aromatic heterocycles. The van der Waals surface area contributed by atoms with Crippen molar-refractivity contribution in [3.8, 4) is 11.5 Å². The number of rotatable bonds is 26. The topological polar surface area (TPSA) is 256 Å². The number of piperidine rings is 1. The number of unbranched alkanes of at least 4 members (excludes halogenated alkanes) is 10. The van der Waals surface area contributed by atoms with E-state index >= 15 is 0 Å². The summed E-state index contributed by atoms with van der Waals surface area (Å²) >= 11 is 3.43. The summed E-state index contributed by atoms with van der Waals surface area (Å²) in [6.45, 7) is 13.8. The Morgan fingerprint density at radius 2 is 1.09 bits per heavy atom. The fourth-order valence-electron chi connectivity index (χ4n) is 8.81. The van der Waals surface area contributed by atoms with Crippen LogP contribution in [0.3, 0.4) is 0 Å². The molecule has 1 saturated heterocycles. The van der Waals surface area contributed by atoms with Gasteiger partial charge >= 0.3 is 11.9 Å². The molecule has 0 radical (unpaired) electrons. The normalized spacial score (nSPS) is 17.1. The number of carbonyl (C=O) groups excluding carboxylic acids is 10. The van der Waals surface area contributed by atoms with Crippen molar-refractivity contribution in [3.63, 3.8) is 0 Å². The van der Waals surface area contributed by atoms with Crippen molar-refractivity contribution in [2.45, 2.75) is 187 Å². The maximum Gasteiger partial charge on any atom is 0.308 e. The van der Waals surface area contributed by atoms with Gasteiger partial charge in [-0.1, -0.05) is 79.4 Å². The molecule has 2 unspecified atom stereocenters. The minimum absolute atomic E-state index is 0.0674. The maximum atomic E-state index is 13.1. The summed E-state index contributed by atoms with van der Waals surface area (Å²) in [6, 6.07) is 7.18. The fourth-order valence-corrected chi connectivity index (χ4v) is 9.20. The number of hydrogen-bond acceptors (Lipinski definition) is 16. The van der Waals surface area contributed by atoms with E-state index in [1.54, 1.807) is 18.2 Å². The van der Waals surface area contributed by atoms with Gasteiger partial charge in [0.25, 0.3) is 23.6 Å². The number of imide groups is 3. The highest BCUT2D eigenvalue weighted by Crippen LogP contribution is 2.35. The van der Waals surface area contributed by atoms with E-state index < -0.39 is 71.7 Å². The van der Waals surface area contributed by atoms with Crippen molar-refractivity contribution in [1.82, 2.24) is 15.1 Å². The number of hydrogen-bond donors (Lipinski definition) is 2. The van der Waals surface area contributed by atoms with Crippen LogP contribution in [0.25, 0.3) is 0 Å². The second-order valence-electron chi connectivity index (χ2n) is 21.2. The van der Waals surface area contributed by atoms with Crippen molar-refractivity contribution in [2.75, 3.05) is 45.5 Å². The van der Waals surface area contributed by atoms with Crippen LogP contribution in [0.5, 0.6) is 11.5 Å². The van der Waals surface area contributed by atoms with Crippen molar-refractivity contribution in [1.29, 1.82) is 0 Å². The predicted octanol–water partition coefficient (Wildman–Crippen LogP) is 9.29. The molecule has 1 saturated carbocycles. The van der Waals surface area contributed by atoms with Gasteiger partial charge in [-0.25, -0.2) is 0 Å². The fraction of sp³-hybridized carbons (Fsp3) is 0.621. The number of alkyl halides is 2. The lowest BCUT2D eigenvalue weighted by molar-refractivity contribution is -0.157. The van der Waals surface area contributed by atoms with E-state index in [1.165, 1.54) is 50.3 Å². The Morgan fingerprint density at radius 3 is 1.58 bits per heavy atom. The van der Waals surface area contributed by atoms with E-state index in [9.17, 15) is 57.4 Å². The number of phenols is 1. The molecule has 2 atom stereocenters. The number of nitrogens with zero attached hydrogens (tertiary/aromatic N) is 2. The number of amides is 6. The second-order valence-corrected chi connectivity index (χ2v) is 22.0. The molecule has 0 bridgehead atoms. The van der Waals surface area contributed by atoms with Crippen molar-refractivity contribution in [2.24, 2.45) is 0 Å². The molecule has 6 amide bonds. The number of nitrogens with one attached hydrogen (secondary N) is 1. The van der Waals surface area contributed by atoms with E-state index in [1.807, 2.05) is 41.5 Å². The first-order chi connectivity index (χ1) is 38.0. The molecule has 21 heteroatoms. The number of benzene rings is 2. The lowest BCUT2D eigenvalue weighted by Crippen LogP contribution is -2.54. The van der Waals surface area contributed by atoms with Crippen LogP contribution in [-0.4, -0.2) is 143 Å². The summed E-state index contributed by atoms with van der Waals surface area (Å²) in [5.41, 5.74) is -0.452. The van der Waals surface area contributed by atoms with Crippen LogP contribution in [0.1, 0.15) is 206 Å². The van der Waals surface area contributed by atoms with Gasteiger partial charge in [-0.15, -0.1) is 0 Å². The molecule has 3 aliphatic heterocycles. The largest absolute Gasteiger partial charge is 0.507 e. The van der Waals surface area contributed by atoms with Crippen LogP contribution < -0.4 is 10.1 Å². The highest BCUT2D eigenvalue weighted by molar-refractivity contribution is 9.09. The van der Waals surface area contributed by atoms with Crippen LogP contribution in [-0.2, 0) is 47.7 Å². The highest BCUT2D eigenvalue weighted by Gasteiger charge is 2.47. The Bertz CT molecular complexity index is 2440. The number of ether oxygens (including phenoxy) is 5. The highest BCUT2D eigenvalue weighted by atomic mass is 79.9. The molecule has 79 heavy (non-hydrogen) atoms. The molecule has 4 aliphatic rings. The van der Waals surface area contributed by atoms with Crippen molar-refractivity contribution in [3.05, 3.63) is 58.7 Å². The van der Waals surface area contributed by atoms with Gasteiger partial charge in [-0.3, -0.25) is 67.5 Å². The molecule has 2 fully saturated rings. The van der Waals surface area contributed by atoms with Crippen molar-refractivity contribution >= 4 is 74.9 Å². The third kappa shape index (κ3) is 22.6. The van der Waals surface area contributed by atoms with E-state index in [2.05, 4.69) is 21.2 Å². The van der Waals surface area contributed by atoms with Gasteiger partial charge < -0.3 is 28.8 Å². The maximum absolute atomic E-state index is 13.1. The first-order valence-corrected chi connectivity index (χ1v) is 28.3. The predicted molar refractivity (Wildman–Crippen MR) is 294 cm³/mol. The third-order valence-corrected chi connectivity index (χ3v) is 13.0. The third-order valence-electron chi connectivity index (χ3n) is 12.5. The standard InChI is InChI=1S/C28H38N2O8.C15H29BrO3.C14H11NO5.CH3F/c1-28(2,3)38-23(32)15-18-36-16-8-6-4-5-7-9-17-37-21-12-10-11-19-24(21)27(35)30(26(19)34)20-13-14-22(31)29-25(20)33;1-15(2,3)19-14(17)10-13-18-12-9-7-5-4-6-8-11-16;16-7-4-5-9(11(18)6-7)15-13(19)8-2-1-3-10(17)12(8)14(15)20;1-2/h10-12,20H,4-9,13-18H2,1-3H3,(H,29,31,33);4-13H2,1-3H3;1-3,9,17H,4-6H2;1H3/i;;;1D. The van der Waals surface area contributed by atoms with E-state index in [0.29, 0.717) is 38.6 Å². The molecule has 1 aliphatic carbocycles. The van der Waals surface area contributed by atoms with Crippen molar-refractivity contribution < 1.29 is 82.5 Å². The molecule has 2 aromatic carbocycles. The Hall–Kier alpha value is -5.93. The Kier molecular flexibility index (Phi) is 28.4. The molecule has 19 nitrogen and oxygen atoms in total. The monoisotopic (exact) mass is 1170 g/mol. The van der Waals surface area contributed by atoms with Crippen LogP contribution in [0.4, 0.5) is 4.39 Å². The quantitative estimate of drug-likeness (QED) is 0.0292. The van der Waals surface area contributed by atoms with E-state index in [-0.39, 0.29) is 84.3 Å². The Balaban J connectivity index is 0.000000336. The SMILES string of the molecule is CC(C)(C)OC(=O)CCOCCCCCCCCBr.CC(C)(C)OC(=O)CCOCCCCCCCCOc1cccc2c1C(=O)N(C1CCC(=O)NC1=O)C2=O.O=C1CCC(N2C(=O)c3cccc(O)c3C2=O)C(=O)C1.[2H]CF. The Morgan fingerprint density at radius 1 is 0.633 bits per heavy atom. The summed E-state index contributed by atoms with van der Waals surface area (Å²) in [6.07, 6.45) is 14.2. The molecule has 6 rings (SSSR count). The van der Waals surface area contributed by atoms with Gasteiger partial charge in [0.05, 0.1) is 75.9 Å². The zero-order chi connectivity index (χ0) is 59.4. The summed E-state index contributed by atoms with van der Waals surface area (Å²) in [5.74, 6) is -4.37. The van der Waals surface area contributed by atoms with Gasteiger partial charge in [-0.05, 0) is 104 Å². The second kappa shape index (κ2) is 34.3. The number of carbonyl (C=O) groups is 10. The molecular formula is C58H81BrFN3O16. The number of ketones is 2. The van der Waals surface area contributed by atoms with Crippen LogP contribution in [0.15, 0.2) is 36.4 Å². The number of halogens is 2. The van der Waals surface area contributed by atoms with Gasteiger partial charge in [0.2, 0.25) is 11.8 Å². The number of Topliss-reactive ketones (excluding diaryl/α,β-unsaturated/α-hetero) is 2. The summed E-state index contributed by atoms with van der Waals surface area (Å²) < 4.78 is 42.7. The minimum Gasteiger partial charge on any atom is -0.507 e. The smallest absolute Gasteiger partial charge is 0.308 e. The minimum atomic E-state index is -1.00. The number of phenolic OH excluding ortho intramolecular Hbond substituents is 1. The summed E-state index contributed by atoms with van der Waals surface area (Å²) in [4.78, 5) is 122. The number of fused-ring (bicyclic) bond motifs is 2. The number of aromatic hydroxyl groups is 1. The van der Waals surface area contributed by atoms with Gasteiger partial charge in [0.15, 0.2) is 5.78 Å². The van der Waals surface area contributed by atoms with Crippen LogP contribution in [0, 0.1) is 0 Å². The number of esters is 2. The van der Waals surface area contributed by atoms with Crippen LogP contribution >= 0.6 is 15.9 Å². The Labute approximate surface area is 473 Å². The van der Waals surface area contributed by atoms with Crippen LogP contribution in [0.2, 0.25) is 0 Å². The molecule has 2 N–H and O–H groups in total. The van der Waals surface area contributed by atoms with Gasteiger partial charge in [-0.2, -0.15) is 0 Å². The lowest BCUT2D eigenvalue weighted by atomic mass is 9.92. The molecule has 0 spiro atoms. The average molecular weight is 1180 g/mol. The van der Waals surface area contributed by atoms with E-state index in [0.717, 1.165) is 66.7 Å². The summed E-state index contributed by atoms with van der Waals surface area (Å²) in [7, 11) is -1.00. The first-order valence-electron chi connectivity index (χ1n) is 27.9. The first kappa shape index (κ1) is 65.6. The average Bonchev–Trinajstić information content (AvgIpc) is 3.79. The summed E-state index contributed by atoms with van der Waals surface area (Å²) in [5, 5.41) is 13.0. The lowest BCUT2D eigenvalue weighted by Gasteiger charge is -2.27. The zero-order valence-corrected chi connectivity index (χ0v) is 48.3. The molecule has 3 heterocycles. The molecule has 438 valence electrons. The van der Waals surface area contributed by atoms with Gasteiger partial charge in [0, 0.05) is 31.4 Å². The zero-order valence-electron chi connectivity index (χ0n) is 47.7.